The summed E-state index contributed by atoms with van der Waals surface area (Å²) < 4.78 is 10.7. The van der Waals surface area contributed by atoms with Crippen LogP contribution >= 0.6 is 11.6 Å². The lowest BCUT2D eigenvalue weighted by molar-refractivity contribution is -0.123. The van der Waals surface area contributed by atoms with Crippen LogP contribution in [-0.4, -0.2) is 45.7 Å². The van der Waals surface area contributed by atoms with Crippen LogP contribution in [-0.2, 0) is 16.1 Å². The van der Waals surface area contributed by atoms with Gasteiger partial charge in [-0.05, 0) is 55.5 Å². The average Bonchev–Trinajstić information content (AvgIpc) is 3.48. The van der Waals surface area contributed by atoms with E-state index in [0.717, 1.165) is 10.5 Å². The summed E-state index contributed by atoms with van der Waals surface area (Å²) in [5, 5.41) is 14.0. The topological polar surface area (TPSA) is 113 Å². The zero-order valence-electron chi connectivity index (χ0n) is 16.9. The van der Waals surface area contributed by atoms with Crippen LogP contribution in [0.4, 0.5) is 5.69 Å². The molecule has 0 radical (unpaired) electrons. The summed E-state index contributed by atoms with van der Waals surface area (Å²) in [4.78, 5) is 31.4. The predicted octanol–water partition coefficient (Wildman–Crippen LogP) is 3.28. The van der Waals surface area contributed by atoms with Gasteiger partial charge < -0.3 is 9.26 Å². The van der Waals surface area contributed by atoms with Crippen molar-refractivity contribution in [3.8, 4) is 17.1 Å². The number of benzene rings is 2. The molecule has 10 nitrogen and oxygen atoms in total. The number of ether oxygens (including phenoxy) is 1. The molecule has 0 N–H and O–H groups in total. The van der Waals surface area contributed by atoms with Crippen LogP contribution in [0.2, 0.25) is 5.02 Å². The summed E-state index contributed by atoms with van der Waals surface area (Å²) in [6.07, 6.45) is 0. The maximum atomic E-state index is 13.1. The van der Waals surface area contributed by atoms with Gasteiger partial charge in [-0.2, -0.15) is 10.1 Å². The first kappa shape index (κ1) is 20.1. The fourth-order valence-electron chi connectivity index (χ4n) is 3.64. The van der Waals surface area contributed by atoms with E-state index in [0.29, 0.717) is 28.9 Å². The number of imide groups is 1. The van der Waals surface area contributed by atoms with Crippen molar-refractivity contribution in [2.45, 2.75) is 25.6 Å². The molecule has 5 rings (SSSR count). The molecule has 0 saturated carbocycles. The number of hydrogen-bond acceptors (Lipinski definition) is 9. The molecule has 2 aliphatic rings. The van der Waals surface area contributed by atoms with Crippen LogP contribution < -0.4 is 9.64 Å². The van der Waals surface area contributed by atoms with E-state index in [1.807, 2.05) is 6.92 Å². The van der Waals surface area contributed by atoms with Gasteiger partial charge in [-0.25, -0.2) is 4.90 Å². The normalized spacial score (nSPS) is 19.7. The Labute approximate surface area is 187 Å². The van der Waals surface area contributed by atoms with Crippen molar-refractivity contribution in [1.29, 1.82) is 0 Å². The zero-order valence-corrected chi connectivity index (χ0v) is 17.6. The highest BCUT2D eigenvalue weighted by Gasteiger charge is 2.55. The second-order valence-electron chi connectivity index (χ2n) is 7.15. The third-order valence-electron chi connectivity index (χ3n) is 5.13. The third-order valence-corrected chi connectivity index (χ3v) is 5.38. The number of carbonyl (C=O) groups is 2. The number of anilines is 1. The largest absolute Gasteiger partial charge is 0.494 e. The Balaban J connectivity index is 1.33. The molecule has 3 aromatic rings. The lowest BCUT2D eigenvalue weighted by atomic mass is 10.1. The summed E-state index contributed by atoms with van der Waals surface area (Å²) in [6, 6.07) is 12.0. The van der Waals surface area contributed by atoms with Crippen LogP contribution in [0.25, 0.3) is 11.4 Å². The molecule has 1 fully saturated rings. The van der Waals surface area contributed by atoms with Crippen molar-refractivity contribution in [1.82, 2.24) is 15.1 Å². The summed E-state index contributed by atoms with van der Waals surface area (Å²) in [7, 11) is 0. The van der Waals surface area contributed by atoms with Crippen LogP contribution in [0.1, 0.15) is 12.8 Å². The quantitative estimate of drug-likeness (QED) is 0.527. The lowest BCUT2D eigenvalue weighted by Gasteiger charge is -2.19. The van der Waals surface area contributed by atoms with E-state index in [1.54, 1.807) is 48.5 Å². The first-order valence-electron chi connectivity index (χ1n) is 9.92. The van der Waals surface area contributed by atoms with Crippen molar-refractivity contribution < 1.29 is 18.8 Å². The smallest absolute Gasteiger partial charge is 0.263 e. The molecule has 32 heavy (non-hydrogen) atoms. The minimum absolute atomic E-state index is 0.0430. The summed E-state index contributed by atoms with van der Waals surface area (Å²) in [6.45, 7) is 2.45. The van der Waals surface area contributed by atoms with Crippen molar-refractivity contribution in [2.75, 3.05) is 11.5 Å². The first-order chi connectivity index (χ1) is 15.5. The van der Waals surface area contributed by atoms with Gasteiger partial charge in [0.2, 0.25) is 11.7 Å². The van der Waals surface area contributed by atoms with E-state index in [2.05, 4.69) is 20.5 Å². The minimum Gasteiger partial charge on any atom is -0.494 e. The predicted molar refractivity (Wildman–Crippen MR) is 113 cm³/mol. The minimum atomic E-state index is -0.910. The molecule has 2 amide bonds. The fraction of sp³-hybridized carbons (Fsp3) is 0.238. The Bertz CT molecular complexity index is 1190. The molecule has 0 spiro atoms. The van der Waals surface area contributed by atoms with E-state index in [4.69, 9.17) is 20.9 Å². The van der Waals surface area contributed by atoms with Gasteiger partial charge in [0.15, 0.2) is 12.1 Å². The number of halogens is 1. The Morgan fingerprint density at radius 1 is 1.06 bits per heavy atom. The number of nitrogens with zero attached hydrogens (tertiary/aromatic N) is 6. The molecule has 3 heterocycles. The van der Waals surface area contributed by atoms with Gasteiger partial charge in [0.05, 0.1) is 12.3 Å². The number of fused-ring (bicyclic) bond motifs is 1. The lowest BCUT2D eigenvalue weighted by Crippen LogP contribution is -2.39. The molecule has 2 aliphatic heterocycles. The molecular formula is C21H17ClN6O4. The van der Waals surface area contributed by atoms with Gasteiger partial charge >= 0.3 is 0 Å². The SMILES string of the molecule is CCOc1ccc(N2C(=O)[C@@H]3[C@@H](N=NN3Cc3nc(-c4ccc(Cl)cc4)no3)C2=O)cc1. The maximum absolute atomic E-state index is 13.1. The highest BCUT2D eigenvalue weighted by atomic mass is 35.5. The maximum Gasteiger partial charge on any atom is 0.263 e. The van der Waals surface area contributed by atoms with E-state index in [-0.39, 0.29) is 12.4 Å². The molecule has 0 unspecified atom stereocenters. The number of rotatable bonds is 6. The Kier molecular flexibility index (Phi) is 5.06. The highest BCUT2D eigenvalue weighted by Crippen LogP contribution is 2.33. The molecule has 0 aliphatic carbocycles. The van der Waals surface area contributed by atoms with Crippen molar-refractivity contribution in [2.24, 2.45) is 10.3 Å². The van der Waals surface area contributed by atoms with E-state index in [1.165, 1.54) is 5.01 Å². The molecule has 2 aromatic carbocycles. The second kappa shape index (κ2) is 8.04. The highest BCUT2D eigenvalue weighted by molar-refractivity contribution is 6.30. The monoisotopic (exact) mass is 452 g/mol. The van der Waals surface area contributed by atoms with Gasteiger partial charge in [0.1, 0.15) is 12.3 Å². The number of amides is 2. The Hall–Kier alpha value is -3.79. The van der Waals surface area contributed by atoms with Gasteiger partial charge in [0.25, 0.3) is 11.8 Å². The first-order valence-corrected chi connectivity index (χ1v) is 10.3. The van der Waals surface area contributed by atoms with Gasteiger partial charge in [-0.3, -0.25) is 14.6 Å². The van der Waals surface area contributed by atoms with Crippen molar-refractivity contribution in [3.63, 3.8) is 0 Å². The van der Waals surface area contributed by atoms with E-state index < -0.39 is 23.9 Å². The standard InChI is InChI=1S/C21H17ClN6O4/c1-2-31-15-9-7-14(8-10-15)28-20(29)17-18(21(28)30)27(26-24-17)11-16-23-19(25-32-16)12-3-5-13(22)6-4-12/h3-10,17-18H,2,11H2,1H3/t17-,18+/m1/s1. The van der Waals surface area contributed by atoms with Crippen LogP contribution in [0, 0.1) is 0 Å². The molecular weight excluding hydrogens is 436 g/mol. The van der Waals surface area contributed by atoms with Crippen molar-refractivity contribution >= 4 is 29.1 Å². The number of carbonyl (C=O) groups excluding carboxylic acids is 2. The molecule has 11 heteroatoms. The summed E-state index contributed by atoms with van der Waals surface area (Å²) >= 11 is 5.91. The molecule has 1 saturated heterocycles. The molecule has 162 valence electrons. The van der Waals surface area contributed by atoms with Crippen LogP contribution in [0.5, 0.6) is 5.75 Å². The zero-order chi connectivity index (χ0) is 22.2. The van der Waals surface area contributed by atoms with Gasteiger partial charge in [0, 0.05) is 10.6 Å². The van der Waals surface area contributed by atoms with Crippen LogP contribution in [0.3, 0.4) is 0 Å². The van der Waals surface area contributed by atoms with Crippen molar-refractivity contribution in [3.05, 3.63) is 59.4 Å². The van der Waals surface area contributed by atoms with E-state index in [9.17, 15) is 9.59 Å². The Morgan fingerprint density at radius 2 is 1.81 bits per heavy atom. The van der Waals surface area contributed by atoms with Crippen LogP contribution in [0.15, 0.2) is 63.4 Å². The number of hydrogen-bond donors (Lipinski definition) is 0. The fourth-order valence-corrected chi connectivity index (χ4v) is 3.77. The third kappa shape index (κ3) is 3.48. The molecule has 0 bridgehead atoms. The number of aromatic nitrogens is 2. The van der Waals surface area contributed by atoms with Gasteiger partial charge in [-0.1, -0.05) is 22.0 Å². The average molecular weight is 453 g/mol. The van der Waals surface area contributed by atoms with E-state index >= 15 is 0 Å². The summed E-state index contributed by atoms with van der Waals surface area (Å²) in [5.41, 5.74) is 1.19. The second-order valence-corrected chi connectivity index (χ2v) is 7.59. The Morgan fingerprint density at radius 3 is 2.53 bits per heavy atom. The molecule has 2 atom stereocenters. The molecule has 1 aromatic heterocycles. The summed E-state index contributed by atoms with van der Waals surface area (Å²) in [5.74, 6) is 0.447. The van der Waals surface area contributed by atoms with Gasteiger partial charge in [-0.15, -0.1) is 0 Å².